The Balaban J connectivity index is 4.23. The van der Waals surface area contributed by atoms with E-state index in [9.17, 15) is 10.2 Å². The summed E-state index contributed by atoms with van der Waals surface area (Å²) in [5, 5.41) is 19.0. The molecule has 0 aromatic rings. The standard InChI is InChI=1S/C11H20O3/c1-5-7-8-10(9(12)6-2)14-11(3,4)13/h5-6,9-10,12-13H,1-2,7-8H2,3-4H3. The van der Waals surface area contributed by atoms with Crippen molar-refractivity contribution in [2.24, 2.45) is 0 Å². The summed E-state index contributed by atoms with van der Waals surface area (Å²) >= 11 is 0. The highest BCUT2D eigenvalue weighted by atomic mass is 16.6. The summed E-state index contributed by atoms with van der Waals surface area (Å²) in [6.45, 7) is 10.1. The maximum Gasteiger partial charge on any atom is 0.160 e. The fourth-order valence-electron chi connectivity index (χ4n) is 1.10. The molecule has 0 bridgehead atoms. The van der Waals surface area contributed by atoms with E-state index < -0.39 is 18.0 Å². The van der Waals surface area contributed by atoms with Crippen LogP contribution in [0.4, 0.5) is 0 Å². The van der Waals surface area contributed by atoms with Crippen LogP contribution in [0.3, 0.4) is 0 Å². The van der Waals surface area contributed by atoms with Crippen molar-refractivity contribution in [2.45, 2.75) is 44.7 Å². The van der Waals surface area contributed by atoms with Gasteiger partial charge in [-0.2, -0.15) is 0 Å². The monoisotopic (exact) mass is 200 g/mol. The van der Waals surface area contributed by atoms with Crippen molar-refractivity contribution in [3.63, 3.8) is 0 Å². The lowest BCUT2D eigenvalue weighted by molar-refractivity contribution is -0.221. The van der Waals surface area contributed by atoms with E-state index in [0.29, 0.717) is 6.42 Å². The Hall–Kier alpha value is -0.640. The molecular weight excluding hydrogens is 180 g/mol. The summed E-state index contributed by atoms with van der Waals surface area (Å²) in [6.07, 6.45) is 3.29. The number of aliphatic hydroxyl groups excluding tert-OH is 1. The lowest BCUT2D eigenvalue weighted by Crippen LogP contribution is -2.36. The van der Waals surface area contributed by atoms with Crippen LogP contribution in [0, 0.1) is 0 Å². The molecular formula is C11H20O3. The summed E-state index contributed by atoms with van der Waals surface area (Å²) in [4.78, 5) is 0. The number of ether oxygens (including phenoxy) is 1. The molecule has 82 valence electrons. The van der Waals surface area contributed by atoms with E-state index in [1.165, 1.54) is 19.9 Å². The molecule has 0 spiro atoms. The molecule has 14 heavy (non-hydrogen) atoms. The predicted octanol–water partition coefficient (Wildman–Crippen LogP) is 1.61. The zero-order chi connectivity index (χ0) is 11.2. The molecule has 0 saturated heterocycles. The Morgan fingerprint density at radius 3 is 2.36 bits per heavy atom. The van der Waals surface area contributed by atoms with E-state index in [1.807, 2.05) is 0 Å². The van der Waals surface area contributed by atoms with Gasteiger partial charge < -0.3 is 14.9 Å². The highest BCUT2D eigenvalue weighted by Gasteiger charge is 2.24. The zero-order valence-corrected chi connectivity index (χ0v) is 8.94. The lowest BCUT2D eigenvalue weighted by Gasteiger charge is -2.28. The largest absolute Gasteiger partial charge is 0.386 e. The van der Waals surface area contributed by atoms with Gasteiger partial charge in [0.2, 0.25) is 0 Å². The van der Waals surface area contributed by atoms with Crippen LogP contribution in [0.2, 0.25) is 0 Å². The number of aliphatic hydroxyl groups is 2. The van der Waals surface area contributed by atoms with Gasteiger partial charge in [0.05, 0.1) is 12.2 Å². The molecule has 0 amide bonds. The van der Waals surface area contributed by atoms with Gasteiger partial charge in [-0.15, -0.1) is 13.2 Å². The first kappa shape index (κ1) is 13.4. The normalized spacial score (nSPS) is 16.0. The Morgan fingerprint density at radius 1 is 1.43 bits per heavy atom. The minimum atomic E-state index is -1.24. The van der Waals surface area contributed by atoms with Gasteiger partial charge in [0.15, 0.2) is 5.79 Å². The van der Waals surface area contributed by atoms with Crippen molar-refractivity contribution in [3.05, 3.63) is 25.3 Å². The minimum Gasteiger partial charge on any atom is -0.386 e. The molecule has 0 aromatic carbocycles. The van der Waals surface area contributed by atoms with Crippen LogP contribution in [-0.4, -0.2) is 28.2 Å². The number of allylic oxidation sites excluding steroid dienone is 1. The topological polar surface area (TPSA) is 49.7 Å². The zero-order valence-electron chi connectivity index (χ0n) is 8.94. The second kappa shape index (κ2) is 5.96. The fourth-order valence-corrected chi connectivity index (χ4v) is 1.10. The van der Waals surface area contributed by atoms with E-state index in [4.69, 9.17) is 4.74 Å². The van der Waals surface area contributed by atoms with Crippen LogP contribution in [0.15, 0.2) is 25.3 Å². The average Bonchev–Trinajstić information content (AvgIpc) is 2.09. The molecule has 0 heterocycles. The number of hydrogen-bond acceptors (Lipinski definition) is 3. The molecule has 0 rings (SSSR count). The Bertz CT molecular complexity index is 181. The second-order valence-electron chi connectivity index (χ2n) is 3.70. The van der Waals surface area contributed by atoms with Crippen molar-refractivity contribution < 1.29 is 14.9 Å². The molecule has 3 nitrogen and oxygen atoms in total. The van der Waals surface area contributed by atoms with Crippen LogP contribution in [-0.2, 0) is 4.74 Å². The smallest absolute Gasteiger partial charge is 0.160 e. The van der Waals surface area contributed by atoms with Gasteiger partial charge in [-0.05, 0) is 26.7 Å². The highest BCUT2D eigenvalue weighted by molar-refractivity contribution is 4.87. The fraction of sp³-hybridized carbons (Fsp3) is 0.636. The molecule has 2 N–H and O–H groups in total. The maximum atomic E-state index is 9.52. The first-order valence-corrected chi connectivity index (χ1v) is 4.72. The van der Waals surface area contributed by atoms with E-state index in [2.05, 4.69) is 13.2 Å². The van der Waals surface area contributed by atoms with Crippen LogP contribution >= 0.6 is 0 Å². The molecule has 0 aromatic heterocycles. The first-order valence-electron chi connectivity index (χ1n) is 4.72. The molecule has 0 aliphatic rings. The molecule has 3 heteroatoms. The minimum absolute atomic E-state index is 0.439. The van der Waals surface area contributed by atoms with Crippen LogP contribution < -0.4 is 0 Å². The first-order chi connectivity index (χ1) is 6.40. The Kier molecular flexibility index (Phi) is 5.69. The number of rotatable bonds is 7. The summed E-state index contributed by atoms with van der Waals surface area (Å²) in [5.74, 6) is -1.24. The Morgan fingerprint density at radius 2 is 2.00 bits per heavy atom. The van der Waals surface area contributed by atoms with Gasteiger partial charge in [-0.1, -0.05) is 12.2 Å². The van der Waals surface area contributed by atoms with Crippen molar-refractivity contribution in [2.75, 3.05) is 0 Å². The van der Waals surface area contributed by atoms with Gasteiger partial charge in [-0.3, -0.25) is 0 Å². The molecule has 0 aliphatic carbocycles. The van der Waals surface area contributed by atoms with Gasteiger partial charge in [0.1, 0.15) is 0 Å². The molecule has 0 aliphatic heterocycles. The van der Waals surface area contributed by atoms with Crippen molar-refractivity contribution in [1.82, 2.24) is 0 Å². The van der Waals surface area contributed by atoms with Crippen LogP contribution in [0.5, 0.6) is 0 Å². The predicted molar refractivity (Wildman–Crippen MR) is 56.8 cm³/mol. The van der Waals surface area contributed by atoms with Crippen molar-refractivity contribution >= 4 is 0 Å². The van der Waals surface area contributed by atoms with Gasteiger partial charge in [0, 0.05) is 0 Å². The quantitative estimate of drug-likeness (QED) is 0.485. The van der Waals surface area contributed by atoms with E-state index in [0.717, 1.165) is 6.42 Å². The van der Waals surface area contributed by atoms with E-state index >= 15 is 0 Å². The van der Waals surface area contributed by atoms with Gasteiger partial charge in [0.25, 0.3) is 0 Å². The third-order valence-electron chi connectivity index (χ3n) is 1.72. The summed E-state index contributed by atoms with van der Waals surface area (Å²) < 4.78 is 5.28. The highest BCUT2D eigenvalue weighted by Crippen LogP contribution is 2.16. The molecule has 0 fully saturated rings. The molecule has 0 saturated carbocycles. The Labute approximate surface area is 85.7 Å². The third kappa shape index (κ3) is 5.91. The SMILES string of the molecule is C=CCCC(OC(C)(C)O)C(O)C=C. The van der Waals surface area contributed by atoms with Gasteiger partial charge in [-0.25, -0.2) is 0 Å². The second-order valence-corrected chi connectivity index (χ2v) is 3.70. The van der Waals surface area contributed by atoms with Gasteiger partial charge >= 0.3 is 0 Å². The third-order valence-corrected chi connectivity index (χ3v) is 1.72. The average molecular weight is 200 g/mol. The molecule has 2 atom stereocenters. The van der Waals surface area contributed by atoms with E-state index in [-0.39, 0.29) is 0 Å². The van der Waals surface area contributed by atoms with Crippen LogP contribution in [0.25, 0.3) is 0 Å². The summed E-state index contributed by atoms with van der Waals surface area (Å²) in [7, 11) is 0. The van der Waals surface area contributed by atoms with E-state index in [1.54, 1.807) is 6.08 Å². The lowest BCUT2D eigenvalue weighted by atomic mass is 10.1. The number of hydrogen-bond donors (Lipinski definition) is 2. The van der Waals surface area contributed by atoms with Crippen molar-refractivity contribution in [3.8, 4) is 0 Å². The summed E-state index contributed by atoms with van der Waals surface area (Å²) in [5.41, 5.74) is 0. The maximum absolute atomic E-state index is 9.52. The summed E-state index contributed by atoms with van der Waals surface area (Å²) in [6, 6.07) is 0. The van der Waals surface area contributed by atoms with Crippen LogP contribution in [0.1, 0.15) is 26.7 Å². The van der Waals surface area contributed by atoms with Crippen molar-refractivity contribution in [1.29, 1.82) is 0 Å². The molecule has 0 radical (unpaired) electrons. The molecule has 2 unspecified atom stereocenters.